The predicted molar refractivity (Wildman–Crippen MR) is 57.6 cm³/mol. The van der Waals surface area contributed by atoms with Gasteiger partial charge in [0.25, 0.3) is 0 Å². The number of nitro groups is 1. The third-order valence-electron chi connectivity index (χ3n) is 2.30. The molecular weight excluding hydrogens is 228 g/mol. The average molecular weight is 234 g/mol. The number of carboxylic acid groups (broad SMARTS) is 1. The van der Waals surface area contributed by atoms with E-state index in [1.807, 2.05) is 0 Å². The number of carboxylic acids is 1. The number of nitrogens with zero attached hydrogens (tertiary/aromatic N) is 2. The number of aromatic nitrogens is 1. The van der Waals surface area contributed by atoms with Gasteiger partial charge in [0.1, 0.15) is 11.1 Å². The van der Waals surface area contributed by atoms with E-state index < -0.39 is 22.0 Å². The van der Waals surface area contributed by atoms with Crippen LogP contribution in [0, 0.1) is 10.1 Å². The van der Waals surface area contributed by atoms with E-state index in [0.29, 0.717) is 10.9 Å². The third kappa shape index (κ3) is 1.63. The van der Waals surface area contributed by atoms with Gasteiger partial charge in [-0.1, -0.05) is 16.8 Å². The molecule has 0 radical (unpaired) electrons. The first-order chi connectivity index (χ1) is 8.02. The molecule has 2 aromatic rings. The minimum atomic E-state index is -1.49. The van der Waals surface area contributed by atoms with E-state index in [-0.39, 0.29) is 10.9 Å². The summed E-state index contributed by atoms with van der Waals surface area (Å²) in [5, 5.41) is 18.8. The molecule has 1 aromatic carbocycles. The summed E-state index contributed by atoms with van der Waals surface area (Å²) >= 11 is 0. The zero-order chi connectivity index (χ0) is 12.6. The lowest BCUT2D eigenvalue weighted by Gasteiger charge is -2.03. The van der Waals surface area contributed by atoms with Crippen LogP contribution in [-0.2, 0) is 0 Å². The van der Waals surface area contributed by atoms with Crippen molar-refractivity contribution < 1.29 is 14.9 Å². The Kier molecular flexibility index (Phi) is 2.36. The Balaban J connectivity index is 3.00. The van der Waals surface area contributed by atoms with Crippen LogP contribution < -0.4 is 5.43 Å². The second-order valence-electron chi connectivity index (χ2n) is 3.28. The summed E-state index contributed by atoms with van der Waals surface area (Å²) in [6.45, 7) is 0. The molecule has 17 heavy (non-hydrogen) atoms. The van der Waals surface area contributed by atoms with Crippen molar-refractivity contribution in [2.45, 2.75) is 0 Å². The summed E-state index contributed by atoms with van der Waals surface area (Å²) in [5.74, 6) is -1.49. The molecular formula is C10H6N2O5. The Morgan fingerprint density at radius 3 is 2.59 bits per heavy atom. The molecule has 0 bridgehead atoms. The van der Waals surface area contributed by atoms with Crippen molar-refractivity contribution in [2.75, 3.05) is 0 Å². The summed E-state index contributed by atoms with van der Waals surface area (Å²) in [6.07, 6.45) is 0.715. The van der Waals surface area contributed by atoms with Gasteiger partial charge in [-0.05, 0) is 12.1 Å². The first-order valence-corrected chi connectivity index (χ1v) is 4.54. The van der Waals surface area contributed by atoms with E-state index in [4.69, 9.17) is 5.11 Å². The maximum atomic E-state index is 11.7. The molecule has 0 saturated heterocycles. The summed E-state index contributed by atoms with van der Waals surface area (Å²) in [7, 11) is 0. The number of pyridine rings is 1. The van der Waals surface area contributed by atoms with Gasteiger partial charge in [0.2, 0.25) is 5.43 Å². The largest absolute Gasteiger partial charge is 0.477 e. The zero-order valence-electron chi connectivity index (χ0n) is 8.36. The third-order valence-corrected chi connectivity index (χ3v) is 2.30. The SMILES string of the molecule is O=C(O)c1cn([N+](=O)[O-])c2ccccc2c1=O. The number of rotatable bonds is 2. The van der Waals surface area contributed by atoms with Crippen molar-refractivity contribution >= 4 is 16.9 Å². The van der Waals surface area contributed by atoms with E-state index in [9.17, 15) is 19.7 Å². The van der Waals surface area contributed by atoms with Crippen LogP contribution in [0.5, 0.6) is 0 Å². The number of aromatic carboxylic acids is 1. The molecule has 1 aromatic heterocycles. The van der Waals surface area contributed by atoms with E-state index in [1.54, 1.807) is 0 Å². The molecule has 1 N–H and O–H groups in total. The molecule has 1 heterocycles. The van der Waals surface area contributed by atoms with Crippen LogP contribution in [0.2, 0.25) is 0 Å². The van der Waals surface area contributed by atoms with Crippen molar-refractivity contribution in [2.24, 2.45) is 0 Å². The first-order valence-electron chi connectivity index (χ1n) is 4.54. The predicted octanol–water partition coefficient (Wildman–Crippen LogP) is 0.739. The van der Waals surface area contributed by atoms with Crippen molar-refractivity contribution in [3.8, 4) is 0 Å². The Bertz CT molecular complexity index is 689. The normalized spacial score (nSPS) is 10.4. The van der Waals surface area contributed by atoms with Gasteiger partial charge in [-0.25, -0.2) is 14.9 Å². The Hall–Kier alpha value is -2.70. The molecule has 0 aliphatic rings. The van der Waals surface area contributed by atoms with Crippen molar-refractivity contribution in [1.29, 1.82) is 0 Å². The lowest BCUT2D eigenvalue weighted by Crippen LogP contribution is -2.21. The minimum absolute atomic E-state index is 0.00380. The number of benzene rings is 1. The monoisotopic (exact) mass is 234 g/mol. The first kappa shape index (κ1) is 10.8. The summed E-state index contributed by atoms with van der Waals surface area (Å²) in [6, 6.07) is 5.77. The minimum Gasteiger partial charge on any atom is -0.477 e. The fraction of sp³-hybridized carbons (Fsp3) is 0. The lowest BCUT2D eigenvalue weighted by atomic mass is 10.1. The summed E-state index contributed by atoms with van der Waals surface area (Å²) in [5.41, 5.74) is -1.29. The number of fused-ring (bicyclic) bond motifs is 1. The van der Waals surface area contributed by atoms with Crippen LogP contribution in [0.25, 0.3) is 10.9 Å². The van der Waals surface area contributed by atoms with Crippen LogP contribution in [0.3, 0.4) is 0 Å². The van der Waals surface area contributed by atoms with Gasteiger partial charge < -0.3 is 5.11 Å². The van der Waals surface area contributed by atoms with Crippen molar-refractivity contribution in [1.82, 2.24) is 4.68 Å². The highest BCUT2D eigenvalue weighted by atomic mass is 16.7. The van der Waals surface area contributed by atoms with Gasteiger partial charge in [0.15, 0.2) is 5.03 Å². The average Bonchev–Trinajstić information content (AvgIpc) is 2.29. The van der Waals surface area contributed by atoms with E-state index in [0.717, 1.165) is 0 Å². The summed E-state index contributed by atoms with van der Waals surface area (Å²) in [4.78, 5) is 33.3. The molecule has 0 fully saturated rings. The molecule has 2 rings (SSSR count). The molecule has 0 atom stereocenters. The van der Waals surface area contributed by atoms with Crippen LogP contribution in [0.1, 0.15) is 10.4 Å². The van der Waals surface area contributed by atoms with Gasteiger partial charge in [-0.3, -0.25) is 4.79 Å². The van der Waals surface area contributed by atoms with Crippen molar-refractivity contribution in [3.63, 3.8) is 0 Å². The smallest absolute Gasteiger partial charge is 0.341 e. The second kappa shape index (κ2) is 3.71. The topological polar surface area (TPSA) is 102 Å². The highest BCUT2D eigenvalue weighted by Crippen LogP contribution is 2.11. The molecule has 7 nitrogen and oxygen atoms in total. The van der Waals surface area contributed by atoms with Gasteiger partial charge in [-0.2, -0.15) is 0 Å². The summed E-state index contributed by atoms with van der Waals surface area (Å²) < 4.78 is 0.528. The van der Waals surface area contributed by atoms with Gasteiger partial charge >= 0.3 is 5.97 Å². The highest BCUT2D eigenvalue weighted by molar-refractivity contribution is 5.92. The standard InChI is InChI=1S/C10H6N2O5/c13-9-6-3-1-2-4-8(6)11(12(16)17)5-7(9)10(14)15/h1-5H,(H,14,15). The Morgan fingerprint density at radius 1 is 1.35 bits per heavy atom. The fourth-order valence-corrected chi connectivity index (χ4v) is 1.55. The molecule has 0 spiro atoms. The molecule has 0 aliphatic carbocycles. The molecule has 0 amide bonds. The van der Waals surface area contributed by atoms with Crippen LogP contribution >= 0.6 is 0 Å². The quantitative estimate of drug-likeness (QED) is 0.609. The van der Waals surface area contributed by atoms with Gasteiger partial charge in [-0.15, -0.1) is 0 Å². The molecule has 0 saturated carbocycles. The van der Waals surface area contributed by atoms with Crippen LogP contribution in [-0.4, -0.2) is 20.8 Å². The van der Waals surface area contributed by atoms with Crippen LogP contribution in [0.4, 0.5) is 0 Å². The second-order valence-corrected chi connectivity index (χ2v) is 3.28. The maximum Gasteiger partial charge on any atom is 0.341 e. The molecule has 0 aliphatic heterocycles. The molecule has 0 unspecified atom stereocenters. The van der Waals surface area contributed by atoms with Crippen molar-refractivity contribution in [3.05, 3.63) is 56.4 Å². The Labute approximate surface area is 93.6 Å². The zero-order valence-corrected chi connectivity index (χ0v) is 8.36. The van der Waals surface area contributed by atoms with Crippen LogP contribution in [0.15, 0.2) is 35.3 Å². The number of hydrogen-bond acceptors (Lipinski definition) is 4. The van der Waals surface area contributed by atoms with Gasteiger partial charge in [0.05, 0.1) is 11.6 Å². The molecule has 7 heteroatoms. The molecule has 86 valence electrons. The number of hydrogen-bond donors (Lipinski definition) is 1. The van der Waals surface area contributed by atoms with E-state index in [1.165, 1.54) is 24.3 Å². The number of para-hydroxylation sites is 1. The van der Waals surface area contributed by atoms with E-state index >= 15 is 0 Å². The maximum absolute atomic E-state index is 11.7. The highest BCUT2D eigenvalue weighted by Gasteiger charge is 2.18. The van der Waals surface area contributed by atoms with E-state index in [2.05, 4.69) is 0 Å². The number of carbonyl (C=O) groups is 1. The fourth-order valence-electron chi connectivity index (χ4n) is 1.55. The Morgan fingerprint density at radius 2 is 2.00 bits per heavy atom. The van der Waals surface area contributed by atoms with Gasteiger partial charge in [0, 0.05) is 0 Å². The lowest BCUT2D eigenvalue weighted by molar-refractivity contribution is -0.538.